The minimum absolute atomic E-state index is 0.787. The number of hydrogen-bond donors (Lipinski definition) is 1. The highest BCUT2D eigenvalue weighted by molar-refractivity contribution is 7.12. The number of nitrogen functional groups attached to an aromatic ring is 1. The van der Waals surface area contributed by atoms with Gasteiger partial charge in [-0.25, -0.2) is 4.98 Å². The lowest BCUT2D eigenvalue weighted by Gasteiger charge is -1.98. The summed E-state index contributed by atoms with van der Waals surface area (Å²) in [4.78, 5) is 5.84. The molecular formula is C15H14N2OS. The van der Waals surface area contributed by atoms with Crippen molar-refractivity contribution in [2.45, 2.75) is 13.3 Å². The van der Waals surface area contributed by atoms with Crippen molar-refractivity contribution >= 4 is 17.0 Å². The zero-order chi connectivity index (χ0) is 13.2. The number of benzene rings is 1. The fourth-order valence-corrected chi connectivity index (χ4v) is 2.95. The van der Waals surface area contributed by atoms with Crippen LogP contribution < -0.4 is 5.73 Å². The Labute approximate surface area is 115 Å². The minimum atomic E-state index is 0.787. The molecule has 0 spiro atoms. The number of anilines is 1. The molecule has 0 saturated heterocycles. The minimum Gasteiger partial charge on any atom is -0.463 e. The van der Waals surface area contributed by atoms with Crippen LogP contribution in [-0.4, -0.2) is 4.98 Å². The summed E-state index contributed by atoms with van der Waals surface area (Å²) in [7, 11) is 0. The second-order valence-electron chi connectivity index (χ2n) is 4.41. The van der Waals surface area contributed by atoms with Crippen molar-refractivity contribution in [2.75, 3.05) is 5.73 Å². The van der Waals surface area contributed by atoms with E-state index in [1.807, 2.05) is 36.4 Å². The average Bonchev–Trinajstić information content (AvgIpc) is 3.01. The van der Waals surface area contributed by atoms with Crippen LogP contribution in [0.1, 0.15) is 15.4 Å². The molecule has 2 N–H and O–H groups in total. The molecule has 3 aromatic rings. The quantitative estimate of drug-likeness (QED) is 0.735. The predicted octanol–water partition coefficient (Wildman–Crippen LogP) is 3.88. The van der Waals surface area contributed by atoms with Crippen molar-refractivity contribution < 1.29 is 4.42 Å². The summed E-state index contributed by atoms with van der Waals surface area (Å²) in [6.07, 6.45) is 2.50. The molecule has 19 heavy (non-hydrogen) atoms. The normalized spacial score (nSPS) is 10.8. The van der Waals surface area contributed by atoms with E-state index in [0.717, 1.165) is 28.6 Å². The van der Waals surface area contributed by atoms with Gasteiger partial charge in [-0.1, -0.05) is 12.1 Å². The first kappa shape index (κ1) is 12.0. The van der Waals surface area contributed by atoms with Crippen LogP contribution in [0.5, 0.6) is 0 Å². The van der Waals surface area contributed by atoms with Gasteiger partial charge in [0.15, 0.2) is 5.76 Å². The van der Waals surface area contributed by atoms with Crippen LogP contribution in [0.25, 0.3) is 11.5 Å². The number of furan rings is 1. The van der Waals surface area contributed by atoms with Gasteiger partial charge in [0.2, 0.25) is 0 Å². The maximum absolute atomic E-state index is 5.69. The Hall–Kier alpha value is -2.07. The summed E-state index contributed by atoms with van der Waals surface area (Å²) in [5.74, 6) is 0.831. The molecule has 96 valence electrons. The average molecular weight is 270 g/mol. The summed E-state index contributed by atoms with van der Waals surface area (Å²) in [5.41, 5.74) is 8.64. The van der Waals surface area contributed by atoms with E-state index in [1.54, 1.807) is 17.6 Å². The maximum Gasteiger partial charge on any atom is 0.153 e. The van der Waals surface area contributed by atoms with Gasteiger partial charge in [-0.2, -0.15) is 0 Å². The molecule has 0 radical (unpaired) electrons. The van der Waals surface area contributed by atoms with E-state index in [4.69, 9.17) is 10.2 Å². The van der Waals surface area contributed by atoms with Crippen molar-refractivity contribution in [3.63, 3.8) is 0 Å². The monoisotopic (exact) mass is 270 g/mol. The molecule has 0 atom stereocenters. The SMILES string of the molecule is Cc1sc(Cc2ccc(N)cc2)nc1-c1ccco1. The van der Waals surface area contributed by atoms with Gasteiger partial charge >= 0.3 is 0 Å². The molecule has 2 aromatic heterocycles. The van der Waals surface area contributed by atoms with Gasteiger partial charge < -0.3 is 10.2 Å². The van der Waals surface area contributed by atoms with Gasteiger partial charge in [-0.05, 0) is 36.8 Å². The van der Waals surface area contributed by atoms with Crippen LogP contribution in [0.4, 0.5) is 5.69 Å². The third-order valence-corrected chi connectivity index (χ3v) is 3.90. The highest BCUT2D eigenvalue weighted by Crippen LogP contribution is 2.29. The second kappa shape index (κ2) is 4.90. The zero-order valence-corrected chi connectivity index (χ0v) is 11.4. The molecule has 0 aliphatic carbocycles. The van der Waals surface area contributed by atoms with Gasteiger partial charge in [0, 0.05) is 17.0 Å². The summed E-state index contributed by atoms with van der Waals surface area (Å²) in [6.45, 7) is 2.07. The first-order valence-corrected chi connectivity index (χ1v) is 6.88. The molecule has 0 aliphatic rings. The number of nitrogens with zero attached hydrogens (tertiary/aromatic N) is 1. The Morgan fingerprint density at radius 2 is 2.00 bits per heavy atom. The van der Waals surface area contributed by atoms with Crippen LogP contribution in [0, 0.1) is 6.92 Å². The zero-order valence-electron chi connectivity index (χ0n) is 10.6. The summed E-state index contributed by atoms with van der Waals surface area (Å²) in [6, 6.07) is 11.7. The van der Waals surface area contributed by atoms with E-state index in [0.29, 0.717) is 0 Å². The van der Waals surface area contributed by atoms with Gasteiger partial charge in [-0.15, -0.1) is 11.3 Å². The molecule has 3 rings (SSSR count). The van der Waals surface area contributed by atoms with E-state index in [1.165, 1.54) is 10.4 Å². The third kappa shape index (κ3) is 2.53. The van der Waals surface area contributed by atoms with Crippen LogP contribution in [0.2, 0.25) is 0 Å². The topological polar surface area (TPSA) is 52.0 Å². The van der Waals surface area contributed by atoms with Crippen LogP contribution in [0.3, 0.4) is 0 Å². The number of nitrogens with two attached hydrogens (primary N) is 1. The van der Waals surface area contributed by atoms with Crippen molar-refractivity contribution in [1.29, 1.82) is 0 Å². The number of rotatable bonds is 3. The van der Waals surface area contributed by atoms with Gasteiger partial charge in [0.05, 0.1) is 11.3 Å². The fourth-order valence-electron chi connectivity index (χ4n) is 1.98. The Morgan fingerprint density at radius 1 is 1.21 bits per heavy atom. The largest absolute Gasteiger partial charge is 0.463 e. The predicted molar refractivity (Wildman–Crippen MR) is 78.2 cm³/mol. The molecule has 0 amide bonds. The molecule has 2 heterocycles. The van der Waals surface area contributed by atoms with E-state index in [9.17, 15) is 0 Å². The second-order valence-corrected chi connectivity index (χ2v) is 5.70. The van der Waals surface area contributed by atoms with E-state index >= 15 is 0 Å². The highest BCUT2D eigenvalue weighted by Gasteiger charge is 2.12. The van der Waals surface area contributed by atoms with E-state index in [2.05, 4.69) is 11.9 Å². The van der Waals surface area contributed by atoms with Crippen LogP contribution >= 0.6 is 11.3 Å². The van der Waals surface area contributed by atoms with Crippen molar-refractivity contribution in [2.24, 2.45) is 0 Å². The summed E-state index contributed by atoms with van der Waals surface area (Å²) in [5, 5.41) is 1.09. The lowest BCUT2D eigenvalue weighted by Crippen LogP contribution is -1.89. The number of aryl methyl sites for hydroxylation is 1. The van der Waals surface area contributed by atoms with Crippen molar-refractivity contribution in [1.82, 2.24) is 4.98 Å². The molecule has 0 fully saturated rings. The smallest absolute Gasteiger partial charge is 0.153 e. The standard InChI is InChI=1S/C15H14N2OS/c1-10-15(13-3-2-8-18-13)17-14(19-10)9-11-4-6-12(16)7-5-11/h2-8H,9,16H2,1H3. The number of hydrogen-bond acceptors (Lipinski definition) is 4. The molecule has 0 aliphatic heterocycles. The van der Waals surface area contributed by atoms with Gasteiger partial charge in [-0.3, -0.25) is 0 Å². The lowest BCUT2D eigenvalue weighted by atomic mass is 10.1. The third-order valence-electron chi connectivity index (χ3n) is 2.93. The molecule has 0 unspecified atom stereocenters. The van der Waals surface area contributed by atoms with Crippen molar-refractivity contribution in [3.05, 3.63) is 58.1 Å². The Bertz CT molecular complexity index is 669. The molecule has 0 bridgehead atoms. The van der Waals surface area contributed by atoms with Crippen LogP contribution in [-0.2, 0) is 6.42 Å². The van der Waals surface area contributed by atoms with Crippen LogP contribution in [0.15, 0.2) is 47.1 Å². The first-order chi connectivity index (χ1) is 9.22. The lowest BCUT2D eigenvalue weighted by molar-refractivity contribution is 0.580. The molecule has 0 saturated carbocycles. The molecular weight excluding hydrogens is 256 g/mol. The Balaban J connectivity index is 1.87. The first-order valence-electron chi connectivity index (χ1n) is 6.07. The molecule has 3 nitrogen and oxygen atoms in total. The summed E-state index contributed by atoms with van der Waals surface area (Å²) < 4.78 is 5.41. The number of aromatic nitrogens is 1. The Kier molecular flexibility index (Phi) is 3.09. The fraction of sp³-hybridized carbons (Fsp3) is 0.133. The molecule has 1 aromatic carbocycles. The highest BCUT2D eigenvalue weighted by atomic mass is 32.1. The van der Waals surface area contributed by atoms with Crippen molar-refractivity contribution in [3.8, 4) is 11.5 Å². The van der Waals surface area contributed by atoms with E-state index < -0.39 is 0 Å². The van der Waals surface area contributed by atoms with E-state index in [-0.39, 0.29) is 0 Å². The van der Waals surface area contributed by atoms with Gasteiger partial charge in [0.1, 0.15) is 5.69 Å². The Morgan fingerprint density at radius 3 is 2.68 bits per heavy atom. The number of thiazole rings is 1. The maximum atomic E-state index is 5.69. The molecule has 4 heteroatoms. The summed E-state index contributed by atoms with van der Waals surface area (Å²) >= 11 is 1.71. The van der Waals surface area contributed by atoms with Gasteiger partial charge in [0.25, 0.3) is 0 Å².